The maximum absolute atomic E-state index is 13.3. The molecule has 1 saturated carbocycles. The quantitative estimate of drug-likeness (QED) is 0.608. The molecular weight excluding hydrogens is 448 g/mol. The van der Waals surface area contributed by atoms with E-state index in [0.29, 0.717) is 12.8 Å². The second kappa shape index (κ2) is 8.68. The third-order valence-electron chi connectivity index (χ3n) is 8.02. The van der Waals surface area contributed by atoms with Gasteiger partial charge in [0, 0.05) is 24.9 Å². The minimum absolute atomic E-state index is 0.00533. The van der Waals surface area contributed by atoms with Gasteiger partial charge in [-0.25, -0.2) is 9.59 Å². The molecule has 0 aromatic heterocycles. The third-order valence-corrected chi connectivity index (χ3v) is 8.02. The zero-order valence-corrected chi connectivity index (χ0v) is 19.7. The molecule has 0 bridgehead atoms. The smallest absolute Gasteiger partial charge is 0.407 e. The van der Waals surface area contributed by atoms with Gasteiger partial charge in [0.25, 0.3) is 0 Å². The molecule has 2 aromatic carbocycles. The van der Waals surface area contributed by atoms with Crippen LogP contribution in [0, 0.1) is 5.41 Å². The van der Waals surface area contributed by atoms with Crippen molar-refractivity contribution in [2.45, 2.75) is 50.2 Å². The Hall–Kier alpha value is -3.39. The van der Waals surface area contributed by atoms with Crippen LogP contribution in [0.1, 0.15) is 49.7 Å². The number of carboxylic acids is 1. The Morgan fingerprint density at radius 1 is 1.06 bits per heavy atom. The first-order valence-electron chi connectivity index (χ1n) is 12.1. The monoisotopic (exact) mass is 478 g/mol. The fraction of sp³-hybridized carbons (Fsp3) is 0.444. The van der Waals surface area contributed by atoms with Crippen LogP contribution in [0.2, 0.25) is 0 Å². The van der Waals surface area contributed by atoms with Crippen molar-refractivity contribution < 1.29 is 29.3 Å². The largest absolute Gasteiger partial charge is 0.479 e. The van der Waals surface area contributed by atoms with Gasteiger partial charge >= 0.3 is 12.1 Å². The first-order chi connectivity index (χ1) is 16.7. The summed E-state index contributed by atoms with van der Waals surface area (Å²) >= 11 is 0. The number of likely N-dealkylation sites (tertiary alicyclic amines) is 1. The lowest BCUT2D eigenvalue weighted by atomic mass is 9.83. The Kier molecular flexibility index (Phi) is 5.79. The number of alkyl carbamates (subject to hydrolysis) is 1. The summed E-state index contributed by atoms with van der Waals surface area (Å²) < 4.78 is 5.67. The summed E-state index contributed by atoms with van der Waals surface area (Å²) in [6.45, 7) is 1.92. The van der Waals surface area contributed by atoms with Crippen LogP contribution in [0.15, 0.2) is 48.5 Å². The Labute approximate surface area is 203 Å². The molecule has 35 heavy (non-hydrogen) atoms. The molecule has 1 saturated heterocycles. The van der Waals surface area contributed by atoms with E-state index in [-0.39, 0.29) is 37.9 Å². The van der Waals surface area contributed by atoms with Crippen molar-refractivity contribution in [1.82, 2.24) is 10.2 Å². The first-order valence-corrected chi connectivity index (χ1v) is 12.1. The number of β-amino-alcohol motifs (C(OH)–C–C–N with tert-alkyl or cyclic N) is 1. The SMILES string of the molecule is CC1(C(=O)N2CCC(O)(C(=O)O)C2)CCCC1NC(=O)OCC1c2ccccc2-c2ccccc21. The van der Waals surface area contributed by atoms with Crippen molar-refractivity contribution in [2.24, 2.45) is 5.41 Å². The third kappa shape index (κ3) is 3.95. The number of aliphatic hydroxyl groups is 1. The van der Waals surface area contributed by atoms with Crippen LogP contribution >= 0.6 is 0 Å². The maximum atomic E-state index is 13.3. The van der Waals surface area contributed by atoms with Crippen LogP contribution in [-0.4, -0.2) is 64.4 Å². The summed E-state index contributed by atoms with van der Waals surface area (Å²) in [5.74, 6) is -1.61. The van der Waals surface area contributed by atoms with Gasteiger partial charge in [0.05, 0.1) is 12.0 Å². The van der Waals surface area contributed by atoms with Crippen molar-refractivity contribution in [3.8, 4) is 11.1 Å². The van der Waals surface area contributed by atoms with E-state index in [2.05, 4.69) is 29.6 Å². The molecule has 3 N–H and O–H groups in total. The predicted molar refractivity (Wildman–Crippen MR) is 128 cm³/mol. The fourth-order valence-electron chi connectivity index (χ4n) is 5.94. The topological polar surface area (TPSA) is 116 Å². The van der Waals surface area contributed by atoms with Gasteiger partial charge in [-0.2, -0.15) is 0 Å². The molecule has 3 unspecified atom stereocenters. The minimum Gasteiger partial charge on any atom is -0.479 e. The van der Waals surface area contributed by atoms with Crippen LogP contribution in [0.25, 0.3) is 11.1 Å². The molecule has 8 heteroatoms. The van der Waals surface area contributed by atoms with Crippen LogP contribution in [0.5, 0.6) is 0 Å². The standard InChI is InChI=1S/C27H30N2O6/c1-26(23(30)29-14-13-27(34,16-29)24(31)32)12-6-11-22(26)28-25(33)35-15-21-19-9-4-2-7-17(19)18-8-3-5-10-20(18)21/h2-5,7-10,21-22,34H,6,11-16H2,1H3,(H,28,33)(H,31,32). The molecule has 1 aliphatic heterocycles. The Balaban J connectivity index is 1.24. The molecule has 3 aliphatic rings. The summed E-state index contributed by atoms with van der Waals surface area (Å²) in [4.78, 5) is 39.0. The molecule has 2 aromatic rings. The Morgan fingerprint density at radius 3 is 2.29 bits per heavy atom. The van der Waals surface area contributed by atoms with E-state index >= 15 is 0 Å². The van der Waals surface area contributed by atoms with Gasteiger partial charge in [-0.3, -0.25) is 4.79 Å². The van der Waals surface area contributed by atoms with E-state index in [9.17, 15) is 24.6 Å². The molecule has 184 valence electrons. The normalized spacial score (nSPS) is 27.4. The van der Waals surface area contributed by atoms with Gasteiger partial charge in [-0.15, -0.1) is 0 Å². The molecular formula is C27H30N2O6. The molecule has 2 amide bonds. The number of benzene rings is 2. The van der Waals surface area contributed by atoms with Crippen LogP contribution < -0.4 is 5.32 Å². The van der Waals surface area contributed by atoms with Gasteiger partial charge < -0.3 is 25.2 Å². The number of hydrogen-bond donors (Lipinski definition) is 3. The molecule has 8 nitrogen and oxygen atoms in total. The zero-order valence-electron chi connectivity index (χ0n) is 19.7. The lowest BCUT2D eigenvalue weighted by Crippen LogP contribution is -2.53. The first kappa shape index (κ1) is 23.4. The number of hydrogen-bond acceptors (Lipinski definition) is 5. The van der Waals surface area contributed by atoms with Gasteiger partial charge in [-0.1, -0.05) is 55.0 Å². The van der Waals surface area contributed by atoms with Crippen LogP contribution in [0.4, 0.5) is 4.79 Å². The Morgan fingerprint density at radius 2 is 1.69 bits per heavy atom. The van der Waals surface area contributed by atoms with Gasteiger partial charge in [-0.05, 0) is 42.0 Å². The molecule has 0 radical (unpaired) electrons. The second-order valence-electron chi connectivity index (χ2n) is 10.1. The summed E-state index contributed by atoms with van der Waals surface area (Å²) in [6.07, 6.45) is 1.38. The number of ether oxygens (including phenoxy) is 1. The minimum atomic E-state index is -1.92. The lowest BCUT2D eigenvalue weighted by Gasteiger charge is -2.34. The van der Waals surface area contributed by atoms with E-state index in [4.69, 9.17) is 4.74 Å². The Bertz CT molecular complexity index is 1140. The average molecular weight is 479 g/mol. The fourth-order valence-corrected chi connectivity index (χ4v) is 5.94. The van der Waals surface area contributed by atoms with E-state index in [1.165, 1.54) is 4.90 Å². The molecule has 1 heterocycles. The molecule has 2 aliphatic carbocycles. The van der Waals surface area contributed by atoms with E-state index in [1.54, 1.807) is 6.92 Å². The number of aliphatic carboxylic acids is 1. The van der Waals surface area contributed by atoms with Crippen molar-refractivity contribution in [1.29, 1.82) is 0 Å². The van der Waals surface area contributed by atoms with Gasteiger partial charge in [0.1, 0.15) is 6.61 Å². The predicted octanol–water partition coefficient (Wildman–Crippen LogP) is 3.13. The summed E-state index contributed by atoms with van der Waals surface area (Å²) in [5, 5.41) is 22.4. The highest BCUT2D eigenvalue weighted by Gasteiger charge is 2.52. The highest BCUT2D eigenvalue weighted by molar-refractivity contribution is 5.87. The number of fused-ring (bicyclic) bond motifs is 3. The molecule has 0 spiro atoms. The summed E-state index contributed by atoms with van der Waals surface area (Å²) in [6, 6.07) is 15.8. The average Bonchev–Trinajstić information content (AvgIpc) is 3.52. The van der Waals surface area contributed by atoms with Crippen molar-refractivity contribution in [3.63, 3.8) is 0 Å². The van der Waals surface area contributed by atoms with Crippen molar-refractivity contribution in [2.75, 3.05) is 19.7 Å². The van der Waals surface area contributed by atoms with E-state index in [1.807, 2.05) is 24.3 Å². The highest BCUT2D eigenvalue weighted by atomic mass is 16.5. The highest BCUT2D eigenvalue weighted by Crippen LogP contribution is 2.45. The zero-order chi connectivity index (χ0) is 24.8. The summed E-state index contributed by atoms with van der Waals surface area (Å²) in [7, 11) is 0. The second-order valence-corrected chi connectivity index (χ2v) is 10.1. The number of nitrogens with one attached hydrogen (secondary N) is 1. The van der Waals surface area contributed by atoms with Gasteiger partial charge in [0.2, 0.25) is 5.91 Å². The maximum Gasteiger partial charge on any atom is 0.407 e. The number of carbonyl (C=O) groups excluding carboxylic acids is 2. The number of nitrogens with zero attached hydrogens (tertiary/aromatic N) is 1. The van der Waals surface area contributed by atoms with Crippen molar-refractivity contribution >= 4 is 18.0 Å². The number of carbonyl (C=O) groups is 3. The molecule has 2 fully saturated rings. The lowest BCUT2D eigenvalue weighted by molar-refractivity contribution is -0.158. The van der Waals surface area contributed by atoms with Crippen LogP contribution in [0.3, 0.4) is 0 Å². The molecule has 5 rings (SSSR count). The number of carboxylic acid groups (broad SMARTS) is 1. The number of rotatable bonds is 5. The van der Waals surface area contributed by atoms with Crippen molar-refractivity contribution in [3.05, 3.63) is 59.7 Å². The van der Waals surface area contributed by atoms with Gasteiger partial charge in [0.15, 0.2) is 5.60 Å². The number of amides is 2. The van der Waals surface area contributed by atoms with E-state index < -0.39 is 29.1 Å². The van der Waals surface area contributed by atoms with Crippen LogP contribution in [-0.2, 0) is 14.3 Å². The summed E-state index contributed by atoms with van der Waals surface area (Å²) in [5.41, 5.74) is 1.76. The molecule has 3 atom stereocenters. The van der Waals surface area contributed by atoms with E-state index in [0.717, 1.165) is 28.7 Å².